The summed E-state index contributed by atoms with van der Waals surface area (Å²) in [6.07, 6.45) is 3.10. The molecule has 0 spiro atoms. The summed E-state index contributed by atoms with van der Waals surface area (Å²) in [5, 5.41) is 26.8. The number of carbonyl (C=O) groups is 2. The van der Waals surface area contributed by atoms with Crippen LogP contribution in [0.5, 0.6) is 5.75 Å². The Morgan fingerprint density at radius 1 is 1.23 bits per heavy atom. The number of hydrogen-bond acceptors (Lipinski definition) is 8. The predicted octanol–water partition coefficient (Wildman–Crippen LogP) is 2.07. The Bertz CT molecular complexity index is 1120. The van der Waals surface area contributed by atoms with Crippen LogP contribution in [0.3, 0.4) is 0 Å². The molecular formula is C19H19N7O4. The minimum atomic E-state index is -1.26. The van der Waals surface area contributed by atoms with Gasteiger partial charge < -0.3 is 20.5 Å². The zero-order chi connectivity index (χ0) is 21.3. The molecule has 0 radical (unpaired) electrons. The van der Waals surface area contributed by atoms with Crippen LogP contribution in [0, 0.1) is 5.92 Å². The number of benzene rings is 1. The number of hydrogen-bond donors (Lipinski definition) is 3. The molecule has 30 heavy (non-hydrogen) atoms. The lowest BCUT2D eigenvalue weighted by molar-refractivity contribution is -0.117. The fourth-order valence-corrected chi connectivity index (χ4v) is 3.00. The summed E-state index contributed by atoms with van der Waals surface area (Å²) in [7, 11) is 3.26. The number of carbonyl (C=O) groups excluding carboxylic acids is 1. The van der Waals surface area contributed by atoms with Crippen molar-refractivity contribution in [3.8, 4) is 17.1 Å². The predicted molar refractivity (Wildman–Crippen MR) is 107 cm³/mol. The molecular weight excluding hydrogens is 390 g/mol. The van der Waals surface area contributed by atoms with Crippen LogP contribution in [0.15, 0.2) is 30.6 Å². The second-order valence-corrected chi connectivity index (χ2v) is 6.78. The summed E-state index contributed by atoms with van der Waals surface area (Å²) in [5.74, 6) is -0.230. The first-order valence-corrected chi connectivity index (χ1v) is 9.18. The third kappa shape index (κ3) is 3.77. The van der Waals surface area contributed by atoms with Gasteiger partial charge in [0.2, 0.25) is 5.91 Å². The number of aryl methyl sites for hydroxylation is 1. The number of amides is 1. The molecule has 0 saturated heterocycles. The third-order valence-corrected chi connectivity index (χ3v) is 4.64. The lowest BCUT2D eigenvalue weighted by Crippen LogP contribution is -2.16. The number of rotatable bonds is 7. The zero-order valence-corrected chi connectivity index (χ0v) is 16.3. The van der Waals surface area contributed by atoms with Crippen LogP contribution >= 0.6 is 0 Å². The molecule has 3 N–H and O–H groups in total. The molecule has 1 aliphatic rings. The van der Waals surface area contributed by atoms with E-state index in [1.54, 1.807) is 23.9 Å². The fourth-order valence-electron chi connectivity index (χ4n) is 3.00. The van der Waals surface area contributed by atoms with E-state index in [1.807, 2.05) is 6.07 Å². The highest BCUT2D eigenvalue weighted by Crippen LogP contribution is 2.37. The number of ether oxygens (including phenoxy) is 1. The molecule has 0 atom stereocenters. The first-order chi connectivity index (χ1) is 14.5. The summed E-state index contributed by atoms with van der Waals surface area (Å²) >= 11 is 0. The highest BCUT2D eigenvalue weighted by Gasteiger charge is 2.30. The summed E-state index contributed by atoms with van der Waals surface area (Å²) in [5.41, 5.74) is 1.04. The first-order valence-electron chi connectivity index (χ1n) is 9.18. The van der Waals surface area contributed by atoms with Gasteiger partial charge in [0.15, 0.2) is 23.1 Å². The molecule has 0 bridgehead atoms. The Morgan fingerprint density at radius 2 is 2.03 bits per heavy atom. The Hall–Kier alpha value is -4.02. The number of para-hydroxylation sites is 1. The van der Waals surface area contributed by atoms with E-state index in [4.69, 9.17) is 4.74 Å². The van der Waals surface area contributed by atoms with E-state index < -0.39 is 5.97 Å². The Kier molecular flexibility index (Phi) is 5.00. The minimum Gasteiger partial charge on any atom is -0.494 e. The van der Waals surface area contributed by atoms with Gasteiger partial charge in [-0.1, -0.05) is 6.07 Å². The van der Waals surface area contributed by atoms with Crippen molar-refractivity contribution in [3.05, 3.63) is 36.3 Å². The van der Waals surface area contributed by atoms with Gasteiger partial charge in [-0.3, -0.25) is 4.79 Å². The Balaban J connectivity index is 1.71. The van der Waals surface area contributed by atoms with Crippen molar-refractivity contribution in [3.63, 3.8) is 0 Å². The van der Waals surface area contributed by atoms with E-state index >= 15 is 0 Å². The number of aromatic nitrogens is 5. The number of carboxylic acid groups (broad SMARTS) is 1. The maximum atomic E-state index is 12.0. The van der Waals surface area contributed by atoms with Crippen LogP contribution in [-0.4, -0.2) is 49.1 Å². The monoisotopic (exact) mass is 409 g/mol. The number of nitrogens with one attached hydrogen (secondary N) is 2. The molecule has 154 valence electrons. The van der Waals surface area contributed by atoms with Crippen LogP contribution in [-0.2, 0) is 11.8 Å². The first kappa shape index (κ1) is 19.3. The largest absolute Gasteiger partial charge is 0.494 e. The quantitative estimate of drug-likeness (QED) is 0.534. The van der Waals surface area contributed by atoms with Gasteiger partial charge >= 0.3 is 5.97 Å². The molecule has 1 aromatic carbocycles. The molecule has 1 amide bonds. The number of carboxylic acids is 1. The van der Waals surface area contributed by atoms with Gasteiger partial charge in [-0.05, 0) is 25.0 Å². The van der Waals surface area contributed by atoms with Crippen molar-refractivity contribution < 1.29 is 19.4 Å². The van der Waals surface area contributed by atoms with Crippen LogP contribution in [0.25, 0.3) is 11.4 Å². The molecule has 1 aliphatic carbocycles. The smallest absolute Gasteiger partial charge is 0.358 e. The lowest BCUT2D eigenvalue weighted by atomic mass is 10.1. The number of aromatic carboxylic acids is 1. The SMILES string of the molecule is COc1c(Nc2cc(NC(=O)C3CC3)nnc2C(=O)O)cccc1-c1ncnn1C. The van der Waals surface area contributed by atoms with Crippen molar-refractivity contribution in [1.82, 2.24) is 25.0 Å². The molecule has 4 rings (SSSR count). The number of methoxy groups -OCH3 is 1. The van der Waals surface area contributed by atoms with Crippen LogP contribution in [0.2, 0.25) is 0 Å². The molecule has 3 aromatic rings. The minimum absolute atomic E-state index is 0.0227. The van der Waals surface area contributed by atoms with Crippen molar-refractivity contribution in [2.75, 3.05) is 17.7 Å². The fraction of sp³-hybridized carbons (Fsp3) is 0.263. The van der Waals surface area contributed by atoms with E-state index in [1.165, 1.54) is 19.5 Å². The van der Waals surface area contributed by atoms with E-state index in [0.717, 1.165) is 12.8 Å². The number of anilines is 3. The van der Waals surface area contributed by atoms with Gasteiger partial charge in [-0.2, -0.15) is 5.10 Å². The number of nitrogens with zero attached hydrogens (tertiary/aromatic N) is 5. The second kappa shape index (κ2) is 7.78. The molecule has 1 saturated carbocycles. The van der Waals surface area contributed by atoms with Crippen molar-refractivity contribution in [2.24, 2.45) is 13.0 Å². The maximum Gasteiger partial charge on any atom is 0.358 e. The Morgan fingerprint density at radius 3 is 2.67 bits per heavy atom. The summed E-state index contributed by atoms with van der Waals surface area (Å²) in [4.78, 5) is 27.9. The molecule has 11 heteroatoms. The molecule has 2 aromatic heterocycles. The lowest BCUT2D eigenvalue weighted by Gasteiger charge is -2.16. The van der Waals surface area contributed by atoms with E-state index in [9.17, 15) is 14.7 Å². The second-order valence-electron chi connectivity index (χ2n) is 6.78. The normalized spacial score (nSPS) is 13.0. The molecule has 0 unspecified atom stereocenters. The summed E-state index contributed by atoms with van der Waals surface area (Å²) in [6.45, 7) is 0. The standard InChI is InChI=1S/C19H19N7O4/c1-26-17(20-9-21-26)11-4-3-5-12(16(11)30-2)22-13-8-14(23-18(27)10-6-7-10)24-25-15(13)19(28)29/h3-5,8-10H,6-7H2,1-2H3,(H,28,29)(H2,22,23,24,27). The molecule has 0 aliphatic heterocycles. The van der Waals surface area contributed by atoms with Gasteiger partial charge in [0.05, 0.1) is 24.0 Å². The Labute approximate surface area is 171 Å². The van der Waals surface area contributed by atoms with Crippen molar-refractivity contribution in [1.29, 1.82) is 0 Å². The van der Waals surface area contributed by atoms with Crippen LogP contribution < -0.4 is 15.4 Å². The average Bonchev–Trinajstić information content (AvgIpc) is 3.49. The van der Waals surface area contributed by atoms with Crippen LogP contribution in [0.4, 0.5) is 17.2 Å². The van der Waals surface area contributed by atoms with Gasteiger partial charge in [0.1, 0.15) is 6.33 Å². The maximum absolute atomic E-state index is 12.0. The highest BCUT2D eigenvalue weighted by atomic mass is 16.5. The van der Waals surface area contributed by atoms with Gasteiger partial charge in [-0.25, -0.2) is 14.5 Å². The third-order valence-electron chi connectivity index (χ3n) is 4.64. The summed E-state index contributed by atoms with van der Waals surface area (Å²) in [6, 6.07) is 6.76. The van der Waals surface area contributed by atoms with Gasteiger partial charge in [0, 0.05) is 19.0 Å². The topological polar surface area (TPSA) is 144 Å². The highest BCUT2D eigenvalue weighted by molar-refractivity contribution is 5.96. The van der Waals surface area contributed by atoms with E-state index in [0.29, 0.717) is 22.8 Å². The van der Waals surface area contributed by atoms with Gasteiger partial charge in [-0.15, -0.1) is 10.2 Å². The van der Waals surface area contributed by atoms with Crippen LogP contribution in [0.1, 0.15) is 23.3 Å². The zero-order valence-electron chi connectivity index (χ0n) is 16.3. The molecule has 11 nitrogen and oxygen atoms in total. The van der Waals surface area contributed by atoms with Gasteiger partial charge in [0.25, 0.3) is 0 Å². The molecule has 2 heterocycles. The van der Waals surface area contributed by atoms with E-state index in [-0.39, 0.29) is 29.0 Å². The van der Waals surface area contributed by atoms with Crippen molar-refractivity contribution >= 4 is 29.1 Å². The summed E-state index contributed by atoms with van der Waals surface area (Å²) < 4.78 is 7.17. The molecule has 1 fully saturated rings. The van der Waals surface area contributed by atoms with E-state index in [2.05, 4.69) is 30.9 Å². The van der Waals surface area contributed by atoms with Crippen molar-refractivity contribution in [2.45, 2.75) is 12.8 Å². The average molecular weight is 409 g/mol.